The van der Waals surface area contributed by atoms with Crippen molar-refractivity contribution in [2.75, 3.05) is 12.9 Å². The zero-order valence-electron chi connectivity index (χ0n) is 12.0. The summed E-state index contributed by atoms with van der Waals surface area (Å²) >= 11 is 2.01. The Morgan fingerprint density at radius 3 is 2.55 bits per heavy atom. The number of benzene rings is 1. The second kappa shape index (κ2) is 8.18. The number of nitrogens with one attached hydrogen (secondary N) is 1. The molecule has 1 aliphatic carbocycles. The van der Waals surface area contributed by atoms with E-state index in [0.29, 0.717) is 6.04 Å². The first-order chi connectivity index (χ1) is 9.81. The van der Waals surface area contributed by atoms with Crippen LogP contribution >= 0.6 is 11.8 Å². The molecule has 0 radical (unpaired) electrons. The van der Waals surface area contributed by atoms with Crippen LogP contribution in [0.2, 0.25) is 0 Å². The summed E-state index contributed by atoms with van der Waals surface area (Å²) in [5.74, 6) is 0.760. The Kier molecular flexibility index (Phi) is 6.23. The fraction of sp³-hybridized carbons (Fsp3) is 0.562. The Morgan fingerprint density at radius 2 is 1.95 bits per heavy atom. The molecule has 0 aromatic heterocycles. The van der Waals surface area contributed by atoms with Crippen LogP contribution in [0.1, 0.15) is 31.2 Å². The van der Waals surface area contributed by atoms with Crippen molar-refractivity contribution in [2.45, 2.75) is 43.5 Å². The molecular weight excluding hydrogens is 268 g/mol. The van der Waals surface area contributed by atoms with Crippen LogP contribution in [0.3, 0.4) is 0 Å². The van der Waals surface area contributed by atoms with E-state index in [9.17, 15) is 0 Å². The van der Waals surface area contributed by atoms with Crippen LogP contribution in [-0.2, 0) is 6.54 Å². The number of ether oxygens (including phenoxy) is 1. The largest absolute Gasteiger partial charge is 0.479 e. The van der Waals surface area contributed by atoms with Crippen LogP contribution in [0, 0.1) is 11.3 Å². The monoisotopic (exact) mass is 290 g/mol. The Bertz CT molecular complexity index is 433. The molecule has 2 rings (SSSR count). The maximum absolute atomic E-state index is 8.46. The molecule has 0 aliphatic heterocycles. The highest BCUT2D eigenvalue weighted by molar-refractivity contribution is 7.99. The Labute approximate surface area is 125 Å². The van der Waals surface area contributed by atoms with Crippen LogP contribution in [0.15, 0.2) is 24.3 Å². The van der Waals surface area contributed by atoms with Crippen LogP contribution in [0.5, 0.6) is 5.75 Å². The van der Waals surface area contributed by atoms with E-state index in [1.165, 1.54) is 31.2 Å². The molecule has 108 valence electrons. The summed E-state index contributed by atoms with van der Waals surface area (Å²) in [6.07, 6.45) is 7.46. The topological polar surface area (TPSA) is 45.0 Å². The lowest BCUT2D eigenvalue weighted by Crippen LogP contribution is -2.33. The van der Waals surface area contributed by atoms with Gasteiger partial charge in [-0.3, -0.25) is 0 Å². The second-order valence-electron chi connectivity index (χ2n) is 5.18. The molecule has 1 N–H and O–H groups in total. The first kappa shape index (κ1) is 15.2. The summed E-state index contributed by atoms with van der Waals surface area (Å²) in [5, 5.41) is 13.0. The van der Waals surface area contributed by atoms with Crippen LogP contribution < -0.4 is 10.1 Å². The number of rotatable bonds is 6. The average Bonchev–Trinajstić information content (AvgIpc) is 2.52. The van der Waals surface area contributed by atoms with Gasteiger partial charge in [0.2, 0.25) is 0 Å². The lowest BCUT2D eigenvalue weighted by Gasteiger charge is -2.28. The minimum Gasteiger partial charge on any atom is -0.479 e. The van der Waals surface area contributed by atoms with Gasteiger partial charge in [0.05, 0.1) is 0 Å². The van der Waals surface area contributed by atoms with Gasteiger partial charge in [-0.25, -0.2) is 0 Å². The van der Waals surface area contributed by atoms with Crippen molar-refractivity contribution in [2.24, 2.45) is 0 Å². The zero-order valence-corrected chi connectivity index (χ0v) is 12.8. The Hall–Kier alpha value is -1.18. The van der Waals surface area contributed by atoms with Gasteiger partial charge in [-0.05, 0) is 49.6 Å². The van der Waals surface area contributed by atoms with Gasteiger partial charge in [-0.2, -0.15) is 17.0 Å². The summed E-state index contributed by atoms with van der Waals surface area (Å²) < 4.78 is 5.24. The minimum absolute atomic E-state index is 0.107. The SMILES string of the molecule is CSC1CCC(NCc2ccc(OCC#N)cc2)CC1. The second-order valence-corrected chi connectivity index (χ2v) is 6.32. The summed E-state index contributed by atoms with van der Waals surface area (Å²) in [6.45, 7) is 1.02. The van der Waals surface area contributed by atoms with Gasteiger partial charge in [0.1, 0.15) is 11.8 Å². The lowest BCUT2D eigenvalue weighted by molar-refractivity contribution is 0.367. The molecule has 4 heteroatoms. The van der Waals surface area contributed by atoms with E-state index in [2.05, 4.69) is 23.7 Å². The normalized spacial score (nSPS) is 22.2. The van der Waals surface area contributed by atoms with Gasteiger partial charge in [-0.15, -0.1) is 0 Å². The molecule has 0 heterocycles. The highest BCUT2D eigenvalue weighted by Gasteiger charge is 2.19. The third-order valence-electron chi connectivity index (χ3n) is 3.83. The van der Waals surface area contributed by atoms with Crippen LogP contribution in [-0.4, -0.2) is 24.2 Å². The molecule has 0 bridgehead atoms. The predicted molar refractivity (Wildman–Crippen MR) is 83.9 cm³/mol. The van der Waals surface area contributed by atoms with Crippen molar-refractivity contribution in [3.8, 4) is 11.8 Å². The summed E-state index contributed by atoms with van der Waals surface area (Å²) in [5.41, 5.74) is 1.27. The van der Waals surface area contributed by atoms with Crippen molar-refractivity contribution in [3.63, 3.8) is 0 Å². The van der Waals surface area contributed by atoms with E-state index in [0.717, 1.165) is 17.5 Å². The number of nitriles is 1. The molecule has 1 saturated carbocycles. The molecule has 1 fully saturated rings. The third-order valence-corrected chi connectivity index (χ3v) is 4.97. The number of nitrogens with zero attached hydrogens (tertiary/aromatic N) is 1. The Balaban J connectivity index is 1.73. The highest BCUT2D eigenvalue weighted by atomic mass is 32.2. The van der Waals surface area contributed by atoms with Crippen molar-refractivity contribution in [1.82, 2.24) is 5.32 Å². The highest BCUT2D eigenvalue weighted by Crippen LogP contribution is 2.27. The molecular formula is C16H22N2OS. The van der Waals surface area contributed by atoms with E-state index in [4.69, 9.17) is 10.00 Å². The van der Waals surface area contributed by atoms with Crippen molar-refractivity contribution in [3.05, 3.63) is 29.8 Å². The molecule has 20 heavy (non-hydrogen) atoms. The van der Waals surface area contributed by atoms with Gasteiger partial charge in [0.15, 0.2) is 6.61 Å². The number of hydrogen-bond acceptors (Lipinski definition) is 4. The molecule has 0 spiro atoms. The molecule has 3 nitrogen and oxygen atoms in total. The fourth-order valence-corrected chi connectivity index (χ4v) is 3.33. The average molecular weight is 290 g/mol. The third kappa shape index (κ3) is 4.73. The standard InChI is InChI=1S/C16H22N2OS/c1-20-16-8-4-14(5-9-16)18-12-13-2-6-15(7-3-13)19-11-10-17/h2-3,6-7,14,16,18H,4-5,8-9,11-12H2,1H3. The van der Waals surface area contributed by atoms with Crippen LogP contribution in [0.4, 0.5) is 0 Å². The molecule has 0 unspecified atom stereocenters. The van der Waals surface area contributed by atoms with Gasteiger partial charge >= 0.3 is 0 Å². The summed E-state index contributed by atoms with van der Waals surface area (Å²) in [6, 6.07) is 10.6. The first-order valence-electron chi connectivity index (χ1n) is 7.16. The van der Waals surface area contributed by atoms with Crippen molar-refractivity contribution < 1.29 is 4.74 Å². The minimum atomic E-state index is 0.107. The molecule has 0 atom stereocenters. The van der Waals surface area contributed by atoms with E-state index in [1.54, 1.807) is 0 Å². The molecule has 1 aromatic carbocycles. The first-order valence-corrected chi connectivity index (χ1v) is 8.45. The van der Waals surface area contributed by atoms with Gasteiger partial charge < -0.3 is 10.1 Å². The smallest absolute Gasteiger partial charge is 0.174 e. The Morgan fingerprint density at radius 1 is 1.25 bits per heavy atom. The predicted octanol–water partition coefficient (Wildman–Crippen LogP) is 3.35. The molecule has 0 amide bonds. The lowest BCUT2D eigenvalue weighted by atomic mass is 9.95. The van der Waals surface area contributed by atoms with Gasteiger partial charge in [-0.1, -0.05) is 12.1 Å². The van der Waals surface area contributed by atoms with Crippen molar-refractivity contribution >= 4 is 11.8 Å². The molecule has 1 aliphatic rings. The number of thioether (sulfide) groups is 1. The maximum atomic E-state index is 8.46. The van der Waals surface area contributed by atoms with E-state index in [-0.39, 0.29) is 6.61 Å². The summed E-state index contributed by atoms with van der Waals surface area (Å²) in [4.78, 5) is 0. The number of hydrogen-bond donors (Lipinski definition) is 1. The molecule has 0 saturated heterocycles. The van der Waals surface area contributed by atoms with Gasteiger partial charge in [0, 0.05) is 17.8 Å². The molecule has 1 aromatic rings. The van der Waals surface area contributed by atoms with Crippen molar-refractivity contribution in [1.29, 1.82) is 5.26 Å². The van der Waals surface area contributed by atoms with E-state index in [1.807, 2.05) is 30.0 Å². The van der Waals surface area contributed by atoms with E-state index < -0.39 is 0 Å². The maximum Gasteiger partial charge on any atom is 0.174 e. The summed E-state index contributed by atoms with van der Waals surface area (Å²) in [7, 11) is 0. The van der Waals surface area contributed by atoms with Crippen LogP contribution in [0.25, 0.3) is 0 Å². The van der Waals surface area contributed by atoms with E-state index >= 15 is 0 Å². The van der Waals surface area contributed by atoms with Gasteiger partial charge in [0.25, 0.3) is 0 Å². The fourth-order valence-electron chi connectivity index (χ4n) is 2.58. The zero-order chi connectivity index (χ0) is 14.2. The quantitative estimate of drug-likeness (QED) is 0.872.